The first-order chi connectivity index (χ1) is 11.6. The van der Waals surface area contributed by atoms with Crippen LogP contribution < -0.4 is 5.73 Å². The van der Waals surface area contributed by atoms with Crippen molar-refractivity contribution < 1.29 is 25.9 Å². The minimum atomic E-state index is -4.53. The summed E-state index contributed by atoms with van der Waals surface area (Å²) in [6.07, 6.45) is 0. The first kappa shape index (κ1) is 16.0. The Morgan fingerprint density at radius 2 is 1.32 bits per heavy atom. The number of nitrogens with two attached hydrogens (primary N) is 1. The predicted octanol–water partition coefficient (Wildman–Crippen LogP) is 2.66. The highest BCUT2D eigenvalue weighted by molar-refractivity contribution is 7.86. The molecule has 25 heavy (non-hydrogen) atoms. The maximum absolute atomic E-state index is 11.8. The summed E-state index contributed by atoms with van der Waals surface area (Å²) in [7, 11) is -9.04. The maximum atomic E-state index is 11.8. The maximum Gasteiger partial charge on any atom is 0.295 e. The summed E-state index contributed by atoms with van der Waals surface area (Å²) in [5.41, 5.74) is 6.17. The fourth-order valence-corrected chi connectivity index (χ4v) is 4.73. The number of benzene rings is 4. The van der Waals surface area contributed by atoms with Gasteiger partial charge in [0.2, 0.25) is 0 Å². The zero-order valence-electron chi connectivity index (χ0n) is 12.5. The molecule has 0 unspecified atom stereocenters. The van der Waals surface area contributed by atoms with Crippen LogP contribution in [0.4, 0.5) is 5.69 Å². The molecule has 9 heteroatoms. The molecular weight excluding hydrogens is 366 g/mol. The van der Waals surface area contributed by atoms with Crippen LogP contribution >= 0.6 is 0 Å². The van der Waals surface area contributed by atoms with Crippen molar-refractivity contribution >= 4 is 58.2 Å². The monoisotopic (exact) mass is 377 g/mol. The Labute approximate surface area is 142 Å². The molecule has 4 aromatic rings. The van der Waals surface area contributed by atoms with Gasteiger partial charge in [0.1, 0.15) is 9.79 Å². The third-order valence-electron chi connectivity index (χ3n) is 4.27. The molecule has 4 N–H and O–H groups in total. The Bertz CT molecular complexity index is 1390. The van der Waals surface area contributed by atoms with Crippen molar-refractivity contribution in [3.8, 4) is 0 Å². The van der Waals surface area contributed by atoms with Crippen molar-refractivity contribution in [2.24, 2.45) is 0 Å². The smallest absolute Gasteiger partial charge is 0.295 e. The quantitative estimate of drug-likeness (QED) is 0.278. The fraction of sp³-hybridized carbons (Fsp3) is 0. The van der Waals surface area contributed by atoms with E-state index in [4.69, 9.17) is 5.73 Å². The molecule has 0 spiro atoms. The van der Waals surface area contributed by atoms with Crippen molar-refractivity contribution in [3.63, 3.8) is 0 Å². The van der Waals surface area contributed by atoms with Crippen LogP contribution in [0.1, 0.15) is 0 Å². The average molecular weight is 377 g/mol. The van der Waals surface area contributed by atoms with E-state index in [2.05, 4.69) is 0 Å². The topological polar surface area (TPSA) is 135 Å². The molecule has 0 aliphatic heterocycles. The highest BCUT2D eigenvalue weighted by Crippen LogP contribution is 2.42. The lowest BCUT2D eigenvalue weighted by Gasteiger charge is -2.16. The molecule has 4 rings (SSSR count). The molecular formula is C16H11NO6S2. The molecule has 0 radical (unpaired) electrons. The van der Waals surface area contributed by atoms with Crippen LogP contribution in [-0.2, 0) is 20.2 Å². The second-order valence-electron chi connectivity index (χ2n) is 5.73. The zero-order chi connectivity index (χ0) is 18.1. The highest BCUT2D eigenvalue weighted by atomic mass is 32.2. The second-order valence-corrected chi connectivity index (χ2v) is 8.51. The number of rotatable bonds is 2. The van der Waals surface area contributed by atoms with Crippen molar-refractivity contribution in [3.05, 3.63) is 42.5 Å². The van der Waals surface area contributed by atoms with Gasteiger partial charge in [0.05, 0.1) is 0 Å². The molecule has 0 aliphatic carbocycles. The van der Waals surface area contributed by atoms with Crippen molar-refractivity contribution in [2.45, 2.75) is 9.79 Å². The molecule has 0 saturated carbocycles. The fourth-order valence-electron chi connectivity index (χ4n) is 3.30. The Kier molecular flexibility index (Phi) is 3.07. The van der Waals surface area contributed by atoms with E-state index in [1.165, 1.54) is 36.4 Å². The van der Waals surface area contributed by atoms with E-state index in [1.54, 1.807) is 6.07 Å². The van der Waals surface area contributed by atoms with Gasteiger partial charge in [-0.05, 0) is 29.0 Å². The molecule has 0 aliphatic rings. The van der Waals surface area contributed by atoms with Crippen LogP contribution in [0.2, 0.25) is 0 Å². The van der Waals surface area contributed by atoms with Gasteiger partial charge < -0.3 is 5.73 Å². The molecule has 0 aromatic heterocycles. The van der Waals surface area contributed by atoms with Gasteiger partial charge >= 0.3 is 0 Å². The summed E-state index contributed by atoms with van der Waals surface area (Å²) in [5.74, 6) is 0. The molecule has 0 heterocycles. The molecule has 4 aromatic carbocycles. The van der Waals surface area contributed by atoms with Crippen LogP contribution in [0.3, 0.4) is 0 Å². The molecule has 128 valence electrons. The molecule has 7 nitrogen and oxygen atoms in total. The van der Waals surface area contributed by atoms with Crippen LogP contribution in [0, 0.1) is 0 Å². The van der Waals surface area contributed by atoms with E-state index >= 15 is 0 Å². The van der Waals surface area contributed by atoms with Gasteiger partial charge in [-0.1, -0.05) is 24.3 Å². The van der Waals surface area contributed by atoms with Crippen molar-refractivity contribution in [1.82, 2.24) is 0 Å². The van der Waals surface area contributed by atoms with Gasteiger partial charge in [-0.3, -0.25) is 9.11 Å². The number of anilines is 1. The third-order valence-corrected chi connectivity index (χ3v) is 6.06. The number of hydrogen-bond donors (Lipinski definition) is 3. The molecule has 0 bridgehead atoms. The van der Waals surface area contributed by atoms with Crippen LogP contribution in [0.15, 0.2) is 52.3 Å². The Hall–Kier alpha value is -2.46. The van der Waals surface area contributed by atoms with E-state index < -0.39 is 20.2 Å². The number of hydrogen-bond acceptors (Lipinski definition) is 5. The van der Waals surface area contributed by atoms with Gasteiger partial charge in [0.25, 0.3) is 20.2 Å². The standard InChI is InChI=1S/C16H11NO6S2/c17-12-5-4-10-13(24(18,19)20)6-8-2-1-3-9-14(25(21,22)23)7-11(12)16(10)15(8)9/h1-7H,17H2,(H,18,19,20)(H,21,22,23). The Morgan fingerprint density at radius 3 is 1.96 bits per heavy atom. The Balaban J connectivity index is 2.45. The van der Waals surface area contributed by atoms with Crippen molar-refractivity contribution in [2.75, 3.05) is 5.73 Å². The highest BCUT2D eigenvalue weighted by Gasteiger charge is 2.24. The van der Waals surface area contributed by atoms with Gasteiger partial charge in [-0.25, -0.2) is 0 Å². The molecule has 0 atom stereocenters. The van der Waals surface area contributed by atoms with Gasteiger partial charge in [0, 0.05) is 27.2 Å². The summed E-state index contributed by atoms with van der Waals surface area (Å²) in [4.78, 5) is -0.610. The normalized spacial score (nSPS) is 13.2. The molecule has 0 saturated heterocycles. The zero-order valence-corrected chi connectivity index (χ0v) is 14.1. The van der Waals surface area contributed by atoms with Gasteiger partial charge in [-0.15, -0.1) is 0 Å². The minimum absolute atomic E-state index is 0.219. The van der Waals surface area contributed by atoms with Crippen molar-refractivity contribution in [1.29, 1.82) is 0 Å². The van der Waals surface area contributed by atoms with E-state index in [0.29, 0.717) is 16.2 Å². The lowest BCUT2D eigenvalue weighted by atomic mass is 9.93. The largest absolute Gasteiger partial charge is 0.398 e. The van der Waals surface area contributed by atoms with E-state index in [9.17, 15) is 25.9 Å². The first-order valence-electron chi connectivity index (χ1n) is 7.04. The average Bonchev–Trinajstić information content (AvgIpc) is 2.51. The summed E-state index contributed by atoms with van der Waals surface area (Å²) in [5, 5.41) is 2.00. The number of nitrogen functional groups attached to an aromatic ring is 1. The summed E-state index contributed by atoms with van der Waals surface area (Å²) in [6, 6.07) is 10.00. The first-order valence-corrected chi connectivity index (χ1v) is 9.92. The lowest BCUT2D eigenvalue weighted by Crippen LogP contribution is -2.04. The summed E-state index contributed by atoms with van der Waals surface area (Å²) in [6.45, 7) is 0. The van der Waals surface area contributed by atoms with Gasteiger partial charge in [0.15, 0.2) is 0 Å². The lowest BCUT2D eigenvalue weighted by molar-refractivity contribution is 0.482. The van der Waals surface area contributed by atoms with E-state index in [0.717, 1.165) is 0 Å². The molecule has 0 fully saturated rings. The van der Waals surface area contributed by atoms with Crippen LogP contribution in [0.5, 0.6) is 0 Å². The van der Waals surface area contributed by atoms with E-state index in [1.807, 2.05) is 0 Å². The summed E-state index contributed by atoms with van der Waals surface area (Å²) < 4.78 is 66.3. The second kappa shape index (κ2) is 4.79. The third kappa shape index (κ3) is 2.24. The van der Waals surface area contributed by atoms with E-state index in [-0.39, 0.29) is 31.6 Å². The minimum Gasteiger partial charge on any atom is -0.398 e. The summed E-state index contributed by atoms with van der Waals surface area (Å²) >= 11 is 0. The van der Waals surface area contributed by atoms with Gasteiger partial charge in [-0.2, -0.15) is 16.8 Å². The van der Waals surface area contributed by atoms with Crippen LogP contribution in [0.25, 0.3) is 32.3 Å². The Morgan fingerprint density at radius 1 is 0.720 bits per heavy atom. The van der Waals surface area contributed by atoms with Crippen LogP contribution in [-0.4, -0.2) is 25.9 Å². The predicted molar refractivity (Wildman–Crippen MR) is 94.2 cm³/mol. The molecule has 0 amide bonds. The SMILES string of the molecule is Nc1ccc2c(S(=O)(=O)O)cc3cccc4c(S(=O)(=O)O)cc1c2c34.